The summed E-state index contributed by atoms with van der Waals surface area (Å²) in [5, 5.41) is 27.4. The zero-order chi connectivity index (χ0) is 16.5. The molecule has 0 aromatic carbocycles. The minimum absolute atomic E-state index is 0. The van der Waals surface area contributed by atoms with Crippen LogP contribution in [0.2, 0.25) is 0 Å². The van der Waals surface area contributed by atoms with Gasteiger partial charge < -0.3 is 30.7 Å². The van der Waals surface area contributed by atoms with Crippen molar-refractivity contribution in [2.24, 2.45) is 5.73 Å². The highest BCUT2D eigenvalue weighted by Gasteiger charge is 2.19. The van der Waals surface area contributed by atoms with Crippen molar-refractivity contribution >= 4 is 30.8 Å². The second-order valence-electron chi connectivity index (χ2n) is 4.58. The largest absolute Gasteiger partial charge is 0.396 e. The van der Waals surface area contributed by atoms with Gasteiger partial charge in [0.2, 0.25) is 0 Å². The van der Waals surface area contributed by atoms with Gasteiger partial charge in [0, 0.05) is 26.9 Å². The second kappa shape index (κ2) is 23.9. The Morgan fingerprint density at radius 3 is 2.13 bits per heavy atom. The third-order valence-corrected chi connectivity index (χ3v) is 2.52. The van der Waals surface area contributed by atoms with Crippen LogP contribution in [0.5, 0.6) is 0 Å². The van der Waals surface area contributed by atoms with Crippen molar-refractivity contribution in [2.75, 3.05) is 33.5 Å². The molecule has 0 aliphatic heterocycles. The number of ether oxygens (including phenoxy) is 2. The van der Waals surface area contributed by atoms with E-state index < -0.39 is 6.10 Å². The molecule has 0 heterocycles. The van der Waals surface area contributed by atoms with Crippen LogP contribution in [-0.2, 0) is 9.47 Å². The number of nitrogens with two attached hydrogens (primary N) is 1. The summed E-state index contributed by atoms with van der Waals surface area (Å²) in [6.07, 6.45) is 2.39. The van der Waals surface area contributed by atoms with E-state index in [-0.39, 0.29) is 43.5 Å². The molecular weight excluding hydrogens is 345 g/mol. The molecule has 0 spiro atoms. The Morgan fingerprint density at radius 1 is 1.22 bits per heavy atom. The summed E-state index contributed by atoms with van der Waals surface area (Å²) in [4.78, 5) is 0. The minimum Gasteiger partial charge on any atom is -0.396 e. The highest BCUT2D eigenvalue weighted by Crippen LogP contribution is 2.09. The Kier molecular flexibility index (Phi) is 31.8. The molecule has 0 rings (SSSR count). The van der Waals surface area contributed by atoms with E-state index in [1.54, 1.807) is 7.05 Å². The second-order valence-corrected chi connectivity index (χ2v) is 4.58. The maximum absolute atomic E-state index is 9.86. The zero-order valence-corrected chi connectivity index (χ0v) is 16.0. The predicted molar refractivity (Wildman–Crippen MR) is 98.9 cm³/mol. The molecule has 0 saturated heterocycles. The molecule has 2 atom stereocenters. The minimum atomic E-state index is -0.593. The van der Waals surface area contributed by atoms with Crippen LogP contribution in [0, 0.1) is 5.41 Å². The van der Waals surface area contributed by atoms with Crippen molar-refractivity contribution < 1.29 is 19.7 Å². The Bertz CT molecular complexity index is 232. The molecule has 23 heavy (non-hydrogen) atoms. The highest BCUT2D eigenvalue weighted by atomic mass is 35.5. The predicted octanol–water partition coefficient (Wildman–Crippen LogP) is 1.28. The van der Waals surface area contributed by atoms with Gasteiger partial charge in [-0.2, -0.15) is 0 Å². The SMILES string of the molecule is CCCOC[C@@H](O)[C@H](CCCO)OCCC.CNC(=N)N.Cl.Cl. The summed E-state index contributed by atoms with van der Waals surface area (Å²) in [7, 11) is 1.60. The smallest absolute Gasteiger partial charge is 0.185 e. The molecule has 0 radical (unpaired) electrons. The standard InChI is InChI=1S/C12H26O4.C2H7N3.2ClH/c1-3-8-15-10-11(14)12(6-5-7-13)16-9-4-2;1-5-2(3)4;;/h11-14H,3-10H2,1-2H3;1H3,(H4,3,4,5);2*1H/t11-,12+;;;/m1.../s1. The first-order valence-corrected chi connectivity index (χ1v) is 7.53. The van der Waals surface area contributed by atoms with Crippen LogP contribution < -0.4 is 11.1 Å². The molecule has 7 nitrogen and oxygen atoms in total. The van der Waals surface area contributed by atoms with Gasteiger partial charge in [-0.05, 0) is 25.7 Å². The van der Waals surface area contributed by atoms with E-state index in [1.807, 2.05) is 13.8 Å². The lowest BCUT2D eigenvalue weighted by Gasteiger charge is -2.23. The van der Waals surface area contributed by atoms with Crippen molar-refractivity contribution in [1.82, 2.24) is 5.32 Å². The maximum Gasteiger partial charge on any atom is 0.185 e. The fourth-order valence-corrected chi connectivity index (χ4v) is 1.40. The van der Waals surface area contributed by atoms with Gasteiger partial charge in [0.05, 0.1) is 12.7 Å². The normalized spacial score (nSPS) is 11.9. The summed E-state index contributed by atoms with van der Waals surface area (Å²) >= 11 is 0. The molecule has 0 fully saturated rings. The van der Waals surface area contributed by atoms with Crippen LogP contribution >= 0.6 is 24.8 Å². The first-order chi connectivity index (χ1) is 10.0. The number of rotatable bonds is 11. The lowest BCUT2D eigenvalue weighted by Crippen LogP contribution is -2.33. The monoisotopic (exact) mass is 379 g/mol. The van der Waals surface area contributed by atoms with Gasteiger partial charge in [-0.25, -0.2) is 0 Å². The zero-order valence-electron chi connectivity index (χ0n) is 14.4. The third-order valence-electron chi connectivity index (χ3n) is 2.52. The van der Waals surface area contributed by atoms with E-state index in [2.05, 4.69) is 5.32 Å². The van der Waals surface area contributed by atoms with E-state index in [9.17, 15) is 5.11 Å². The molecule has 6 N–H and O–H groups in total. The number of halogens is 2. The van der Waals surface area contributed by atoms with Crippen LogP contribution in [0.25, 0.3) is 0 Å². The maximum atomic E-state index is 9.86. The van der Waals surface area contributed by atoms with Gasteiger partial charge in [0.15, 0.2) is 5.96 Å². The molecule has 0 amide bonds. The van der Waals surface area contributed by atoms with Crippen molar-refractivity contribution in [3.05, 3.63) is 0 Å². The van der Waals surface area contributed by atoms with E-state index in [0.717, 1.165) is 12.8 Å². The third kappa shape index (κ3) is 24.1. The molecule has 144 valence electrons. The van der Waals surface area contributed by atoms with Gasteiger partial charge in [-0.1, -0.05) is 13.8 Å². The summed E-state index contributed by atoms with van der Waals surface area (Å²) < 4.78 is 10.8. The topological polar surface area (TPSA) is 121 Å². The highest BCUT2D eigenvalue weighted by molar-refractivity contribution is 5.85. The molecule has 0 aliphatic rings. The number of hydrogen-bond acceptors (Lipinski definition) is 5. The molecule has 0 saturated carbocycles. The van der Waals surface area contributed by atoms with Crippen molar-refractivity contribution in [3.8, 4) is 0 Å². The van der Waals surface area contributed by atoms with E-state index in [1.165, 1.54) is 0 Å². The van der Waals surface area contributed by atoms with Crippen molar-refractivity contribution in [3.63, 3.8) is 0 Å². The van der Waals surface area contributed by atoms with Gasteiger partial charge in [-0.3, -0.25) is 5.41 Å². The van der Waals surface area contributed by atoms with E-state index >= 15 is 0 Å². The van der Waals surface area contributed by atoms with E-state index in [4.69, 9.17) is 25.7 Å². The lowest BCUT2D eigenvalue weighted by atomic mass is 10.1. The average Bonchev–Trinajstić information content (AvgIpc) is 2.48. The fourth-order valence-electron chi connectivity index (χ4n) is 1.40. The fraction of sp³-hybridized carbons (Fsp3) is 0.929. The first kappa shape index (κ1) is 30.6. The Labute approximate surface area is 152 Å². The molecule has 0 aromatic rings. The summed E-state index contributed by atoms with van der Waals surface area (Å²) in [5.41, 5.74) is 4.76. The summed E-state index contributed by atoms with van der Waals surface area (Å²) in [6, 6.07) is 0. The van der Waals surface area contributed by atoms with Crippen molar-refractivity contribution in [1.29, 1.82) is 5.41 Å². The summed E-state index contributed by atoms with van der Waals surface area (Å²) in [5.74, 6) is 0.00463. The van der Waals surface area contributed by atoms with E-state index in [0.29, 0.717) is 32.7 Å². The lowest BCUT2D eigenvalue weighted by molar-refractivity contribution is -0.0763. The first-order valence-electron chi connectivity index (χ1n) is 7.53. The van der Waals surface area contributed by atoms with Gasteiger partial charge in [0.25, 0.3) is 0 Å². The van der Waals surface area contributed by atoms with Gasteiger partial charge in [0.1, 0.15) is 6.10 Å². The average molecular weight is 380 g/mol. The molecule has 0 bridgehead atoms. The quantitative estimate of drug-likeness (QED) is 0.209. The molecule has 0 aromatic heterocycles. The Morgan fingerprint density at radius 2 is 1.74 bits per heavy atom. The van der Waals surface area contributed by atoms with Crippen molar-refractivity contribution in [2.45, 2.75) is 51.7 Å². The number of guanidine groups is 1. The van der Waals surface area contributed by atoms with Crippen LogP contribution in [-0.4, -0.2) is 61.9 Å². The van der Waals surface area contributed by atoms with Gasteiger partial charge >= 0.3 is 0 Å². The molecular formula is C14H35Cl2N3O4. The number of aliphatic hydroxyl groups excluding tert-OH is 2. The Balaban J connectivity index is -0.000000225. The number of hydrogen-bond donors (Lipinski definition) is 5. The van der Waals surface area contributed by atoms with Crippen LogP contribution in [0.1, 0.15) is 39.5 Å². The van der Waals surface area contributed by atoms with Crippen LogP contribution in [0.4, 0.5) is 0 Å². The molecule has 0 unspecified atom stereocenters. The Hall–Kier alpha value is -0.310. The summed E-state index contributed by atoms with van der Waals surface area (Å²) in [6.45, 7) is 5.81. The van der Waals surface area contributed by atoms with Crippen LogP contribution in [0.3, 0.4) is 0 Å². The number of nitrogens with one attached hydrogen (secondary N) is 2. The number of aliphatic hydroxyl groups is 2. The van der Waals surface area contributed by atoms with Crippen LogP contribution in [0.15, 0.2) is 0 Å². The van der Waals surface area contributed by atoms with Gasteiger partial charge in [-0.15, -0.1) is 24.8 Å². The molecule has 9 heteroatoms. The molecule has 0 aliphatic carbocycles.